The van der Waals surface area contributed by atoms with E-state index in [9.17, 15) is 13.2 Å². The van der Waals surface area contributed by atoms with E-state index in [0.717, 1.165) is 9.18 Å². The number of rotatable bonds is 6. The van der Waals surface area contributed by atoms with Crippen LogP contribution in [0, 0.1) is 0 Å². The van der Waals surface area contributed by atoms with E-state index >= 15 is 0 Å². The first-order valence-corrected chi connectivity index (χ1v) is 12.4. The molecule has 1 aromatic heterocycles. The van der Waals surface area contributed by atoms with E-state index in [-0.39, 0.29) is 21.4 Å². The number of anilines is 1. The van der Waals surface area contributed by atoms with Gasteiger partial charge in [0.2, 0.25) is 10.0 Å². The van der Waals surface area contributed by atoms with Gasteiger partial charge in [-0.05, 0) is 41.8 Å². The molecule has 0 N–H and O–H groups in total. The average molecular weight is 493 g/mol. The second-order valence-electron chi connectivity index (χ2n) is 7.23. The molecule has 32 heavy (non-hydrogen) atoms. The van der Waals surface area contributed by atoms with Gasteiger partial charge < -0.3 is 14.4 Å². The lowest BCUT2D eigenvalue weighted by molar-refractivity contribution is 0.0985. The van der Waals surface area contributed by atoms with E-state index in [4.69, 9.17) is 21.1 Å². The van der Waals surface area contributed by atoms with Crippen molar-refractivity contribution in [1.82, 2.24) is 4.31 Å². The van der Waals surface area contributed by atoms with Gasteiger partial charge in [0.1, 0.15) is 18.1 Å². The Balaban J connectivity index is 1.76. The minimum absolute atomic E-state index is 0.0550. The van der Waals surface area contributed by atoms with Crippen molar-refractivity contribution in [2.24, 2.45) is 0 Å². The number of nitrogens with zero attached hydrogens (tertiary/aromatic N) is 2. The summed E-state index contributed by atoms with van der Waals surface area (Å²) in [4.78, 5) is 16.0. The van der Waals surface area contributed by atoms with Crippen LogP contribution in [-0.2, 0) is 16.6 Å². The van der Waals surface area contributed by atoms with Gasteiger partial charge in [0.05, 0.1) is 11.6 Å². The quantitative estimate of drug-likeness (QED) is 0.513. The number of halogens is 1. The minimum atomic E-state index is -3.82. The second-order valence-corrected chi connectivity index (χ2v) is 10.8. The molecule has 1 aliphatic heterocycles. The Bertz CT molecular complexity index is 1240. The largest absolute Gasteiger partial charge is 0.486 e. The third kappa shape index (κ3) is 4.47. The Labute approximate surface area is 195 Å². The molecule has 0 fully saturated rings. The monoisotopic (exact) mass is 492 g/mol. The van der Waals surface area contributed by atoms with Gasteiger partial charge in [0.15, 0.2) is 11.5 Å². The van der Waals surface area contributed by atoms with E-state index in [1.807, 2.05) is 17.5 Å². The van der Waals surface area contributed by atoms with E-state index < -0.39 is 10.0 Å². The maximum Gasteiger partial charge on any atom is 0.258 e. The normalized spacial score (nSPS) is 13.2. The summed E-state index contributed by atoms with van der Waals surface area (Å²) in [5.41, 5.74) is 0.820. The molecule has 1 amide bonds. The van der Waals surface area contributed by atoms with Crippen LogP contribution in [0.2, 0.25) is 5.02 Å². The molecule has 0 saturated carbocycles. The molecule has 0 bridgehead atoms. The van der Waals surface area contributed by atoms with Crippen molar-refractivity contribution in [2.75, 3.05) is 32.2 Å². The summed E-state index contributed by atoms with van der Waals surface area (Å²) >= 11 is 7.69. The van der Waals surface area contributed by atoms with E-state index in [2.05, 4.69) is 0 Å². The summed E-state index contributed by atoms with van der Waals surface area (Å²) in [7, 11) is -0.990. The zero-order valence-electron chi connectivity index (χ0n) is 17.4. The highest BCUT2D eigenvalue weighted by atomic mass is 35.5. The van der Waals surface area contributed by atoms with Crippen molar-refractivity contribution in [2.45, 2.75) is 11.4 Å². The lowest BCUT2D eigenvalue weighted by Gasteiger charge is -2.25. The van der Waals surface area contributed by atoms with Crippen molar-refractivity contribution in [3.8, 4) is 11.5 Å². The van der Waals surface area contributed by atoms with E-state index in [1.54, 1.807) is 23.1 Å². The van der Waals surface area contributed by atoms with Crippen molar-refractivity contribution in [1.29, 1.82) is 0 Å². The van der Waals surface area contributed by atoms with Crippen LogP contribution in [0.25, 0.3) is 0 Å². The predicted octanol–water partition coefficient (Wildman–Crippen LogP) is 4.27. The lowest BCUT2D eigenvalue weighted by Crippen LogP contribution is -2.31. The molecule has 0 radical (unpaired) electrons. The molecule has 10 heteroatoms. The number of carbonyl (C=O) groups excluding carboxylic acids is 1. The first-order chi connectivity index (χ1) is 15.3. The molecule has 2 heterocycles. The van der Waals surface area contributed by atoms with Crippen LogP contribution >= 0.6 is 22.9 Å². The van der Waals surface area contributed by atoms with E-state index in [1.165, 1.54) is 43.6 Å². The molecule has 3 aromatic rings. The third-order valence-electron chi connectivity index (χ3n) is 4.91. The fourth-order valence-corrected chi connectivity index (χ4v) is 5.31. The summed E-state index contributed by atoms with van der Waals surface area (Å²) in [5, 5.41) is 1.99. The van der Waals surface area contributed by atoms with Crippen LogP contribution in [0.15, 0.2) is 58.8 Å². The van der Waals surface area contributed by atoms with E-state index in [0.29, 0.717) is 36.9 Å². The summed E-state index contributed by atoms with van der Waals surface area (Å²) in [6, 6.07) is 13.4. The minimum Gasteiger partial charge on any atom is -0.486 e. The Morgan fingerprint density at radius 1 is 1.06 bits per heavy atom. The van der Waals surface area contributed by atoms with Gasteiger partial charge in [-0.1, -0.05) is 17.7 Å². The van der Waals surface area contributed by atoms with Crippen LogP contribution in [0.3, 0.4) is 0 Å². The van der Waals surface area contributed by atoms with Crippen LogP contribution in [0.4, 0.5) is 5.69 Å². The van der Waals surface area contributed by atoms with Crippen molar-refractivity contribution in [3.05, 3.63) is 69.4 Å². The third-order valence-corrected chi connectivity index (χ3v) is 8.07. The van der Waals surface area contributed by atoms with Crippen molar-refractivity contribution >= 4 is 44.6 Å². The van der Waals surface area contributed by atoms with Gasteiger partial charge in [0, 0.05) is 36.3 Å². The van der Waals surface area contributed by atoms with Crippen LogP contribution in [0.5, 0.6) is 11.5 Å². The summed E-state index contributed by atoms with van der Waals surface area (Å²) in [5.74, 6) is 0.820. The highest BCUT2D eigenvalue weighted by Gasteiger charge is 2.26. The zero-order valence-corrected chi connectivity index (χ0v) is 19.8. The molecule has 0 spiro atoms. The molecule has 0 unspecified atom stereocenters. The molecular formula is C22H21ClN2O5S2. The topological polar surface area (TPSA) is 76.2 Å². The Morgan fingerprint density at radius 3 is 2.50 bits per heavy atom. The number of sulfonamides is 1. The summed E-state index contributed by atoms with van der Waals surface area (Å²) in [6.45, 7) is 1.21. The molecule has 168 valence electrons. The van der Waals surface area contributed by atoms with Crippen LogP contribution in [-0.4, -0.2) is 45.9 Å². The number of hydrogen-bond donors (Lipinski definition) is 0. The molecule has 2 aromatic carbocycles. The predicted molar refractivity (Wildman–Crippen MR) is 125 cm³/mol. The number of amides is 1. The van der Waals surface area contributed by atoms with Gasteiger partial charge >= 0.3 is 0 Å². The van der Waals surface area contributed by atoms with Gasteiger partial charge in [0.25, 0.3) is 5.91 Å². The van der Waals surface area contributed by atoms with Gasteiger partial charge in [-0.25, -0.2) is 12.7 Å². The first-order valence-electron chi connectivity index (χ1n) is 9.73. The van der Waals surface area contributed by atoms with Crippen molar-refractivity contribution < 1.29 is 22.7 Å². The van der Waals surface area contributed by atoms with Gasteiger partial charge in [-0.3, -0.25) is 4.79 Å². The number of hydrogen-bond acceptors (Lipinski definition) is 6. The Hall–Kier alpha value is -2.59. The highest BCUT2D eigenvalue weighted by Crippen LogP contribution is 2.35. The van der Waals surface area contributed by atoms with Crippen LogP contribution < -0.4 is 14.4 Å². The SMILES string of the molecule is CN(C)S(=O)(=O)c1cc(C(=O)N(Cc2cccs2)c2ccc3c(c2)OCCO3)ccc1Cl. The number of fused-ring (bicyclic) bond motifs is 1. The lowest BCUT2D eigenvalue weighted by atomic mass is 10.1. The fourth-order valence-electron chi connectivity index (χ4n) is 3.23. The first kappa shape index (κ1) is 22.6. The standard InChI is InChI=1S/C22H21ClN2O5S2/c1-24(2)32(27,28)21-12-15(5-7-18(21)23)22(26)25(14-17-4-3-11-31-17)16-6-8-19-20(13-16)30-10-9-29-19/h3-8,11-13H,9-10,14H2,1-2H3. The Kier molecular flexibility index (Phi) is 6.43. The molecule has 0 saturated heterocycles. The average Bonchev–Trinajstić information content (AvgIpc) is 3.30. The van der Waals surface area contributed by atoms with Crippen molar-refractivity contribution in [3.63, 3.8) is 0 Å². The molecular weight excluding hydrogens is 472 g/mol. The zero-order chi connectivity index (χ0) is 22.9. The highest BCUT2D eigenvalue weighted by molar-refractivity contribution is 7.89. The summed E-state index contributed by atoms with van der Waals surface area (Å²) < 4.78 is 37.7. The number of ether oxygens (including phenoxy) is 2. The molecule has 4 rings (SSSR count). The molecule has 1 aliphatic rings. The van der Waals surface area contributed by atoms with Gasteiger partial charge in [-0.2, -0.15) is 0 Å². The van der Waals surface area contributed by atoms with Crippen LogP contribution in [0.1, 0.15) is 15.2 Å². The number of carbonyl (C=O) groups is 1. The Morgan fingerprint density at radius 2 is 1.81 bits per heavy atom. The van der Waals surface area contributed by atoms with Gasteiger partial charge in [-0.15, -0.1) is 11.3 Å². The maximum atomic E-state index is 13.6. The maximum absolute atomic E-state index is 13.6. The molecule has 0 aliphatic carbocycles. The molecule has 7 nitrogen and oxygen atoms in total. The molecule has 0 atom stereocenters. The number of thiophene rings is 1. The number of benzene rings is 2. The smallest absolute Gasteiger partial charge is 0.258 e. The second kappa shape index (κ2) is 9.11. The fraction of sp³-hybridized carbons (Fsp3) is 0.227. The summed E-state index contributed by atoms with van der Waals surface area (Å²) in [6.07, 6.45) is 0.